The van der Waals surface area contributed by atoms with Gasteiger partial charge in [0, 0.05) is 23.6 Å². The van der Waals surface area contributed by atoms with Crippen LogP contribution < -0.4 is 15.2 Å². The lowest BCUT2D eigenvalue weighted by Gasteiger charge is -2.38. The van der Waals surface area contributed by atoms with Crippen molar-refractivity contribution in [2.24, 2.45) is 23.0 Å². The van der Waals surface area contributed by atoms with Crippen molar-refractivity contribution >= 4 is 16.0 Å². The third kappa shape index (κ3) is 6.82. The van der Waals surface area contributed by atoms with Crippen LogP contribution in [0.5, 0.6) is 5.88 Å². The average Bonchev–Trinajstić information content (AvgIpc) is 2.89. The highest BCUT2D eigenvalue weighted by Crippen LogP contribution is 2.47. The first-order valence-electron chi connectivity index (χ1n) is 14.7. The van der Waals surface area contributed by atoms with Crippen LogP contribution in [0.3, 0.4) is 0 Å². The molecular weight excluding hydrogens is 577 g/mol. The highest BCUT2D eigenvalue weighted by atomic mass is 32.2. The van der Waals surface area contributed by atoms with E-state index < -0.39 is 27.5 Å². The molecule has 3 aromatic rings. The van der Waals surface area contributed by atoms with E-state index in [1.54, 1.807) is 24.3 Å². The van der Waals surface area contributed by atoms with Gasteiger partial charge in [-0.2, -0.15) is 18.2 Å². The molecular formula is C32H39F3N4O3S. The van der Waals surface area contributed by atoms with Crippen LogP contribution in [-0.2, 0) is 10.0 Å². The number of hydrogen-bond acceptors (Lipinski definition) is 6. The smallest absolute Gasteiger partial charge is 0.393 e. The van der Waals surface area contributed by atoms with E-state index in [2.05, 4.69) is 14.7 Å². The number of nitrogens with two attached hydrogens (primary N) is 1. The molecule has 2 atom stereocenters. The molecule has 0 saturated heterocycles. The van der Waals surface area contributed by atoms with E-state index in [0.717, 1.165) is 36.0 Å². The van der Waals surface area contributed by atoms with E-state index in [0.29, 0.717) is 23.6 Å². The summed E-state index contributed by atoms with van der Waals surface area (Å²) in [5.41, 5.74) is 7.77. The summed E-state index contributed by atoms with van der Waals surface area (Å²) in [5, 5.41) is 0. The molecule has 0 amide bonds. The summed E-state index contributed by atoms with van der Waals surface area (Å²) >= 11 is 0. The number of sulfonamides is 1. The molecule has 1 unspecified atom stereocenters. The normalized spacial score (nSPS) is 23.6. The molecule has 1 saturated carbocycles. The van der Waals surface area contributed by atoms with Gasteiger partial charge in [-0.1, -0.05) is 44.2 Å². The van der Waals surface area contributed by atoms with Crippen molar-refractivity contribution in [1.29, 1.82) is 0 Å². The van der Waals surface area contributed by atoms with Gasteiger partial charge in [-0.25, -0.2) is 18.1 Å². The van der Waals surface area contributed by atoms with E-state index in [1.807, 2.05) is 32.0 Å². The first kappa shape index (κ1) is 31.3. The van der Waals surface area contributed by atoms with E-state index >= 15 is 0 Å². The van der Waals surface area contributed by atoms with Gasteiger partial charge in [0.1, 0.15) is 0 Å². The van der Waals surface area contributed by atoms with Gasteiger partial charge in [0.2, 0.25) is 11.8 Å². The SMILES string of the molecule is Cc1cccc(C)c1-c1cc2nc(n1)NS(=O)(=O)c1cccc(c1)C(CCC1CC(N)C1)[C@H](CC(C)(C)C(F)(F)F)CO2. The van der Waals surface area contributed by atoms with Crippen molar-refractivity contribution in [3.05, 3.63) is 65.2 Å². The fourth-order valence-electron chi connectivity index (χ4n) is 6.38. The van der Waals surface area contributed by atoms with Gasteiger partial charge in [-0.3, -0.25) is 0 Å². The number of nitrogens with one attached hydrogen (secondary N) is 1. The van der Waals surface area contributed by atoms with Crippen molar-refractivity contribution in [3.63, 3.8) is 0 Å². The van der Waals surface area contributed by atoms with Gasteiger partial charge in [0.05, 0.1) is 22.6 Å². The lowest BCUT2D eigenvalue weighted by Crippen LogP contribution is -2.38. The number of hydrogen-bond donors (Lipinski definition) is 2. The number of aromatic nitrogens is 2. The third-order valence-electron chi connectivity index (χ3n) is 8.97. The number of ether oxygens (including phenoxy) is 1. The highest BCUT2D eigenvalue weighted by molar-refractivity contribution is 7.92. The number of nitrogens with zero attached hydrogens (tertiary/aromatic N) is 2. The number of aryl methyl sites for hydroxylation is 2. The maximum absolute atomic E-state index is 14.2. The van der Waals surface area contributed by atoms with Crippen molar-refractivity contribution in [2.75, 3.05) is 11.3 Å². The lowest BCUT2D eigenvalue weighted by atomic mass is 9.70. The van der Waals surface area contributed by atoms with Crippen LogP contribution in [0.4, 0.5) is 19.1 Å². The monoisotopic (exact) mass is 616 g/mol. The zero-order valence-electron chi connectivity index (χ0n) is 24.9. The molecule has 11 heteroatoms. The summed E-state index contributed by atoms with van der Waals surface area (Å²) in [4.78, 5) is 8.85. The van der Waals surface area contributed by atoms with Crippen LogP contribution in [0.15, 0.2) is 53.4 Å². The van der Waals surface area contributed by atoms with Crippen LogP contribution in [0.2, 0.25) is 0 Å². The number of alkyl halides is 3. The fraction of sp³-hybridized carbons (Fsp3) is 0.500. The Morgan fingerprint density at radius 1 is 1.00 bits per heavy atom. The summed E-state index contributed by atoms with van der Waals surface area (Å²) < 4.78 is 78.5. The van der Waals surface area contributed by atoms with Gasteiger partial charge in [0.25, 0.3) is 10.0 Å². The molecule has 232 valence electrons. The van der Waals surface area contributed by atoms with Crippen molar-refractivity contribution in [1.82, 2.24) is 9.97 Å². The molecule has 1 aliphatic carbocycles. The van der Waals surface area contributed by atoms with Gasteiger partial charge < -0.3 is 10.5 Å². The van der Waals surface area contributed by atoms with Crippen LogP contribution in [0, 0.1) is 31.1 Å². The highest BCUT2D eigenvalue weighted by Gasteiger charge is 2.49. The van der Waals surface area contributed by atoms with E-state index in [1.165, 1.54) is 19.9 Å². The molecule has 7 nitrogen and oxygen atoms in total. The number of anilines is 1. The maximum Gasteiger partial charge on any atom is 0.393 e. The van der Waals surface area contributed by atoms with Crippen molar-refractivity contribution in [3.8, 4) is 17.1 Å². The molecule has 2 aliphatic rings. The first-order valence-corrected chi connectivity index (χ1v) is 16.1. The molecule has 5 rings (SSSR count). The molecule has 1 aliphatic heterocycles. The predicted octanol–water partition coefficient (Wildman–Crippen LogP) is 7.15. The first-order chi connectivity index (χ1) is 20.1. The molecule has 2 heterocycles. The Balaban J connectivity index is 1.62. The quantitative estimate of drug-likeness (QED) is 0.305. The molecule has 1 fully saturated rings. The molecule has 0 radical (unpaired) electrons. The van der Waals surface area contributed by atoms with Crippen molar-refractivity contribution in [2.45, 2.75) is 82.8 Å². The molecule has 43 heavy (non-hydrogen) atoms. The second kappa shape index (κ2) is 11.7. The lowest BCUT2D eigenvalue weighted by molar-refractivity contribution is -0.218. The largest absolute Gasteiger partial charge is 0.477 e. The van der Waals surface area contributed by atoms with Crippen LogP contribution >= 0.6 is 0 Å². The summed E-state index contributed by atoms with van der Waals surface area (Å²) in [6.07, 6.45) is -1.52. The Morgan fingerprint density at radius 2 is 1.67 bits per heavy atom. The zero-order chi connectivity index (χ0) is 31.2. The van der Waals surface area contributed by atoms with Gasteiger partial charge >= 0.3 is 6.18 Å². The molecule has 2 aromatic carbocycles. The third-order valence-corrected chi connectivity index (χ3v) is 10.3. The molecule has 0 spiro atoms. The predicted molar refractivity (Wildman–Crippen MR) is 160 cm³/mol. The second-order valence-electron chi connectivity index (χ2n) is 12.8. The number of rotatable bonds is 6. The topological polar surface area (TPSA) is 107 Å². The average molecular weight is 617 g/mol. The minimum absolute atomic E-state index is 0.00128. The summed E-state index contributed by atoms with van der Waals surface area (Å²) in [6, 6.07) is 14.0. The Labute approximate surface area is 251 Å². The molecule has 1 aromatic heterocycles. The maximum atomic E-state index is 14.2. The minimum atomic E-state index is -4.44. The standard InChI is InChI=1S/C32H39F3N4O3S/c1-19-7-5-8-20(2)29(19)27-16-28-38-30(37-27)39-43(40,41)25-10-6-9-22(15-25)26(12-11-21-13-24(36)14-21)23(18-42-28)17-31(3,4)32(33,34)35/h5-10,15-16,21,23-24,26H,11-14,17-18,36H2,1-4H3,(H,37,38,39)/t21?,23-,24?,26?/m1/s1. The van der Waals surface area contributed by atoms with Gasteiger partial charge in [-0.05, 0) is 86.6 Å². The van der Waals surface area contributed by atoms with E-state index in [9.17, 15) is 21.6 Å². The van der Waals surface area contributed by atoms with Crippen LogP contribution in [-0.4, -0.2) is 37.2 Å². The summed E-state index contributed by atoms with van der Waals surface area (Å²) in [5.74, 6) is -0.657. The number of benzene rings is 2. The number of halogens is 3. The molecule has 4 bridgehead atoms. The number of fused-ring (bicyclic) bond motifs is 4. The fourth-order valence-corrected chi connectivity index (χ4v) is 7.37. The Hall–Kier alpha value is -3.18. The molecule has 3 N–H and O–H groups in total. The van der Waals surface area contributed by atoms with Crippen LogP contribution in [0.1, 0.15) is 68.6 Å². The van der Waals surface area contributed by atoms with Gasteiger partial charge in [0.15, 0.2) is 0 Å². The van der Waals surface area contributed by atoms with E-state index in [4.69, 9.17) is 10.5 Å². The van der Waals surface area contributed by atoms with Crippen LogP contribution in [0.25, 0.3) is 11.3 Å². The summed E-state index contributed by atoms with van der Waals surface area (Å²) in [7, 11) is -4.12. The second-order valence-corrected chi connectivity index (χ2v) is 14.5. The minimum Gasteiger partial charge on any atom is -0.477 e. The Morgan fingerprint density at radius 3 is 2.33 bits per heavy atom. The summed E-state index contributed by atoms with van der Waals surface area (Å²) in [6.45, 7) is 6.23. The zero-order valence-corrected chi connectivity index (χ0v) is 25.7. The van der Waals surface area contributed by atoms with Crippen molar-refractivity contribution < 1.29 is 26.3 Å². The Bertz CT molecular complexity index is 1570. The van der Waals surface area contributed by atoms with E-state index in [-0.39, 0.29) is 41.7 Å². The van der Waals surface area contributed by atoms with Gasteiger partial charge in [-0.15, -0.1) is 0 Å². The Kier molecular flexibility index (Phi) is 8.52.